The van der Waals surface area contributed by atoms with Crippen LogP contribution in [-0.4, -0.2) is 42.8 Å². The monoisotopic (exact) mass is 442 g/mol. The SMILES string of the molecule is C=CC(=O)Oc1ccc(NC(=O)OCCCCC(F)(F)C(F)(F)S(=O)(=O)[O-])cc1. The van der Waals surface area contributed by atoms with Crippen molar-refractivity contribution in [2.45, 2.75) is 30.4 Å². The van der Waals surface area contributed by atoms with Gasteiger partial charge in [0.25, 0.3) is 0 Å². The number of ether oxygens (including phenoxy) is 2. The molecule has 0 saturated heterocycles. The molecule has 1 aromatic carbocycles. The molecule has 1 rings (SSSR count). The van der Waals surface area contributed by atoms with Crippen LogP contribution in [0.1, 0.15) is 19.3 Å². The Hall–Kier alpha value is -2.67. The Bertz CT molecular complexity index is 841. The van der Waals surface area contributed by atoms with Gasteiger partial charge in [-0.3, -0.25) is 5.32 Å². The molecule has 13 heteroatoms. The van der Waals surface area contributed by atoms with Crippen LogP contribution in [0.25, 0.3) is 0 Å². The number of unbranched alkanes of at least 4 members (excludes halogenated alkanes) is 1. The minimum Gasteiger partial charge on any atom is -0.743 e. The van der Waals surface area contributed by atoms with Gasteiger partial charge >= 0.3 is 23.2 Å². The average molecular weight is 442 g/mol. The van der Waals surface area contributed by atoms with Gasteiger partial charge in [-0.25, -0.2) is 18.0 Å². The lowest BCUT2D eigenvalue weighted by Crippen LogP contribution is -2.46. The standard InChI is InChI=1S/C16H17F4NO7S/c1-2-13(22)28-12-7-5-11(6-8-12)21-14(23)27-10-4-3-9-15(17,18)16(19,20)29(24,25)26/h2,5-8H,1,3-4,9-10H2,(H,21,23)(H,24,25,26)/p-1. The first-order valence-corrected chi connectivity index (χ1v) is 9.30. The van der Waals surface area contributed by atoms with Crippen LogP contribution in [0, 0.1) is 0 Å². The zero-order chi connectivity index (χ0) is 22.3. The van der Waals surface area contributed by atoms with E-state index in [0.29, 0.717) is 0 Å². The van der Waals surface area contributed by atoms with Crippen molar-refractivity contribution >= 4 is 27.9 Å². The predicted molar refractivity (Wildman–Crippen MR) is 90.7 cm³/mol. The second kappa shape index (κ2) is 9.69. The first-order valence-electron chi connectivity index (χ1n) is 7.89. The lowest BCUT2D eigenvalue weighted by atomic mass is 10.1. The number of carbonyl (C=O) groups excluding carboxylic acids is 2. The molecular weight excluding hydrogens is 426 g/mol. The van der Waals surface area contributed by atoms with Crippen LogP contribution >= 0.6 is 0 Å². The smallest absolute Gasteiger partial charge is 0.411 e. The van der Waals surface area contributed by atoms with Crippen molar-refractivity contribution in [2.75, 3.05) is 11.9 Å². The number of halogens is 4. The van der Waals surface area contributed by atoms with Crippen LogP contribution in [0.15, 0.2) is 36.9 Å². The van der Waals surface area contributed by atoms with Crippen LogP contribution in [0.3, 0.4) is 0 Å². The van der Waals surface area contributed by atoms with Gasteiger partial charge < -0.3 is 14.0 Å². The Kier molecular flexibility index (Phi) is 8.15. The maximum absolute atomic E-state index is 13.2. The molecule has 0 bridgehead atoms. The molecule has 0 aliphatic rings. The summed E-state index contributed by atoms with van der Waals surface area (Å²) in [5.41, 5.74) is 0.250. The van der Waals surface area contributed by atoms with E-state index in [2.05, 4.69) is 16.6 Å². The summed E-state index contributed by atoms with van der Waals surface area (Å²) in [5, 5.41) is -3.45. The summed E-state index contributed by atoms with van der Waals surface area (Å²) in [6, 6.07) is 5.48. The zero-order valence-electron chi connectivity index (χ0n) is 14.7. The lowest BCUT2D eigenvalue weighted by molar-refractivity contribution is -0.165. The van der Waals surface area contributed by atoms with E-state index >= 15 is 0 Å². The molecule has 8 nitrogen and oxygen atoms in total. The van der Waals surface area contributed by atoms with Crippen molar-refractivity contribution in [1.29, 1.82) is 0 Å². The quantitative estimate of drug-likeness (QED) is 0.147. The van der Waals surface area contributed by atoms with Gasteiger partial charge in [0, 0.05) is 18.2 Å². The molecule has 1 aromatic rings. The van der Waals surface area contributed by atoms with Gasteiger partial charge in [-0.2, -0.15) is 17.6 Å². The molecule has 1 N–H and O–H groups in total. The Labute approximate surface area is 163 Å². The number of benzene rings is 1. The number of rotatable bonds is 10. The number of anilines is 1. The van der Waals surface area contributed by atoms with E-state index in [1.54, 1.807) is 0 Å². The number of hydrogen-bond donors (Lipinski definition) is 1. The first-order chi connectivity index (χ1) is 13.3. The summed E-state index contributed by atoms with van der Waals surface area (Å²) in [7, 11) is -6.52. The molecule has 29 heavy (non-hydrogen) atoms. The van der Waals surface area contributed by atoms with Crippen molar-refractivity contribution in [2.24, 2.45) is 0 Å². The molecule has 162 valence electrons. The summed E-state index contributed by atoms with van der Waals surface area (Å²) in [4.78, 5) is 22.6. The minimum atomic E-state index is -6.52. The third-order valence-electron chi connectivity index (χ3n) is 3.34. The van der Waals surface area contributed by atoms with Gasteiger partial charge in [0.15, 0.2) is 10.1 Å². The van der Waals surface area contributed by atoms with E-state index < -0.39 is 52.8 Å². The summed E-state index contributed by atoms with van der Waals surface area (Å²) in [6.45, 7) is 2.80. The maximum atomic E-state index is 13.2. The number of amides is 1. The molecule has 0 aliphatic heterocycles. The van der Waals surface area contributed by atoms with Crippen molar-refractivity contribution in [3.63, 3.8) is 0 Å². The molecule has 0 fully saturated rings. The molecule has 0 aromatic heterocycles. The summed E-state index contributed by atoms with van der Waals surface area (Å²) >= 11 is 0. The van der Waals surface area contributed by atoms with E-state index in [1.165, 1.54) is 24.3 Å². The Morgan fingerprint density at radius 1 is 1.14 bits per heavy atom. The molecule has 0 atom stereocenters. The van der Waals surface area contributed by atoms with Crippen molar-refractivity contribution in [3.05, 3.63) is 36.9 Å². The Balaban J connectivity index is 2.39. The van der Waals surface area contributed by atoms with Gasteiger partial charge in [-0.05, 0) is 37.1 Å². The molecular formula is C16H16F4NO7S-. The van der Waals surface area contributed by atoms with Crippen LogP contribution < -0.4 is 10.1 Å². The van der Waals surface area contributed by atoms with Gasteiger partial charge in [0.2, 0.25) is 0 Å². The zero-order valence-corrected chi connectivity index (χ0v) is 15.5. The normalized spacial score (nSPS) is 12.2. The number of esters is 1. The van der Waals surface area contributed by atoms with Crippen molar-refractivity contribution in [3.8, 4) is 5.75 Å². The number of alkyl halides is 4. The number of carbonyl (C=O) groups is 2. The molecule has 0 heterocycles. The highest BCUT2D eigenvalue weighted by Crippen LogP contribution is 2.41. The Morgan fingerprint density at radius 3 is 2.24 bits per heavy atom. The fourth-order valence-electron chi connectivity index (χ4n) is 1.86. The van der Waals surface area contributed by atoms with Gasteiger partial charge in [0.05, 0.1) is 6.61 Å². The average Bonchev–Trinajstić information content (AvgIpc) is 2.61. The summed E-state index contributed by atoms with van der Waals surface area (Å²) in [6.07, 6.45) is -2.51. The number of nitrogens with one attached hydrogen (secondary N) is 1. The van der Waals surface area contributed by atoms with Gasteiger partial charge in [0.1, 0.15) is 5.75 Å². The van der Waals surface area contributed by atoms with E-state index in [0.717, 1.165) is 6.08 Å². The van der Waals surface area contributed by atoms with Crippen LogP contribution in [0.4, 0.5) is 28.0 Å². The van der Waals surface area contributed by atoms with Crippen LogP contribution in [0.2, 0.25) is 0 Å². The topological polar surface area (TPSA) is 122 Å². The highest BCUT2D eigenvalue weighted by molar-refractivity contribution is 7.86. The maximum Gasteiger partial charge on any atom is 0.411 e. The van der Waals surface area contributed by atoms with Crippen molar-refractivity contribution in [1.82, 2.24) is 0 Å². The lowest BCUT2D eigenvalue weighted by Gasteiger charge is -2.28. The Morgan fingerprint density at radius 2 is 1.72 bits per heavy atom. The molecule has 0 unspecified atom stereocenters. The fraction of sp³-hybridized carbons (Fsp3) is 0.375. The van der Waals surface area contributed by atoms with Crippen LogP contribution in [-0.2, 0) is 19.6 Å². The van der Waals surface area contributed by atoms with E-state index in [4.69, 9.17) is 4.74 Å². The van der Waals surface area contributed by atoms with Gasteiger partial charge in [-0.15, -0.1) is 0 Å². The van der Waals surface area contributed by atoms with E-state index in [-0.39, 0.29) is 17.9 Å². The highest BCUT2D eigenvalue weighted by Gasteiger charge is 2.60. The predicted octanol–water partition coefficient (Wildman–Crippen LogP) is 3.27. The third kappa shape index (κ3) is 7.02. The van der Waals surface area contributed by atoms with E-state index in [1.807, 2.05) is 0 Å². The molecule has 0 saturated carbocycles. The second-order valence-electron chi connectivity index (χ2n) is 5.54. The molecule has 1 amide bonds. The molecule has 0 spiro atoms. The van der Waals surface area contributed by atoms with Gasteiger partial charge in [-0.1, -0.05) is 6.58 Å². The highest BCUT2D eigenvalue weighted by atomic mass is 32.2. The van der Waals surface area contributed by atoms with Crippen LogP contribution in [0.5, 0.6) is 5.75 Å². The summed E-state index contributed by atoms with van der Waals surface area (Å²) < 4.78 is 92.5. The fourth-order valence-corrected chi connectivity index (χ4v) is 2.33. The first kappa shape index (κ1) is 24.4. The minimum absolute atomic E-state index is 0.187. The van der Waals surface area contributed by atoms with E-state index in [9.17, 15) is 40.1 Å². The molecule has 0 aliphatic carbocycles. The largest absolute Gasteiger partial charge is 0.743 e. The second-order valence-corrected chi connectivity index (χ2v) is 6.96. The summed E-state index contributed by atoms with van der Waals surface area (Å²) in [5.74, 6) is -5.54. The molecule has 0 radical (unpaired) electrons. The third-order valence-corrected chi connectivity index (χ3v) is 4.27. The van der Waals surface area contributed by atoms with Crippen molar-refractivity contribution < 1.29 is 49.6 Å². The number of hydrogen-bond acceptors (Lipinski definition) is 7.